The molecular formula is C14H22N2. The zero-order chi connectivity index (χ0) is 11.4. The molecule has 1 aromatic rings. The summed E-state index contributed by atoms with van der Waals surface area (Å²) < 4.78 is 0. The third kappa shape index (κ3) is 2.99. The maximum absolute atomic E-state index is 3.48. The maximum atomic E-state index is 3.48. The van der Waals surface area contributed by atoms with Crippen LogP contribution in [0.3, 0.4) is 0 Å². The zero-order valence-corrected chi connectivity index (χ0v) is 10.4. The minimum absolute atomic E-state index is 0.847. The number of nitrogens with one attached hydrogen (secondary N) is 1. The minimum atomic E-state index is 0.847. The van der Waals surface area contributed by atoms with Gasteiger partial charge in [-0.2, -0.15) is 0 Å². The Morgan fingerprint density at radius 1 is 1.38 bits per heavy atom. The van der Waals surface area contributed by atoms with Crippen LogP contribution in [-0.2, 0) is 0 Å². The molecule has 88 valence electrons. The van der Waals surface area contributed by atoms with Crippen molar-refractivity contribution in [3.05, 3.63) is 29.8 Å². The van der Waals surface area contributed by atoms with Gasteiger partial charge in [0.1, 0.15) is 0 Å². The van der Waals surface area contributed by atoms with Gasteiger partial charge in [0.2, 0.25) is 0 Å². The summed E-state index contributed by atoms with van der Waals surface area (Å²) in [6, 6.07) is 9.41. The van der Waals surface area contributed by atoms with Gasteiger partial charge in [0.25, 0.3) is 0 Å². The molecule has 2 heteroatoms. The molecule has 0 bridgehead atoms. The third-order valence-corrected chi connectivity index (χ3v) is 3.51. The summed E-state index contributed by atoms with van der Waals surface area (Å²) in [6.45, 7) is 4.31. The van der Waals surface area contributed by atoms with E-state index in [-0.39, 0.29) is 0 Å². The molecule has 0 aliphatic heterocycles. The van der Waals surface area contributed by atoms with Gasteiger partial charge in [0.05, 0.1) is 0 Å². The second kappa shape index (κ2) is 5.35. The fourth-order valence-electron chi connectivity index (χ4n) is 2.14. The molecule has 1 aliphatic carbocycles. The second-order valence-corrected chi connectivity index (χ2v) is 4.86. The van der Waals surface area contributed by atoms with Crippen molar-refractivity contribution in [3.8, 4) is 0 Å². The fraction of sp³-hybridized carbons (Fsp3) is 0.571. The lowest BCUT2D eigenvalue weighted by Crippen LogP contribution is -2.39. The molecule has 0 amide bonds. The quantitative estimate of drug-likeness (QED) is 0.817. The van der Waals surface area contributed by atoms with Crippen LogP contribution < -0.4 is 5.32 Å². The van der Waals surface area contributed by atoms with Gasteiger partial charge in [0, 0.05) is 24.8 Å². The maximum Gasteiger partial charge on any atom is 0.0343 e. The number of benzene rings is 1. The van der Waals surface area contributed by atoms with E-state index in [2.05, 4.69) is 48.5 Å². The molecule has 0 unspecified atom stereocenters. The Labute approximate surface area is 98.7 Å². The number of nitrogens with zero attached hydrogens (tertiary/aromatic N) is 1. The average molecular weight is 218 g/mol. The summed E-state index contributed by atoms with van der Waals surface area (Å²) in [5.74, 6) is 0. The molecule has 0 heterocycles. The molecule has 0 saturated heterocycles. The average Bonchev–Trinajstić information content (AvgIpc) is 2.15. The van der Waals surface area contributed by atoms with Crippen LogP contribution in [0.2, 0.25) is 0 Å². The predicted octanol–water partition coefficient (Wildman–Crippen LogP) is 2.89. The van der Waals surface area contributed by atoms with E-state index in [1.807, 2.05) is 0 Å². The first kappa shape index (κ1) is 11.5. The molecule has 1 aliphatic rings. The second-order valence-electron chi connectivity index (χ2n) is 4.86. The molecular weight excluding hydrogens is 196 g/mol. The molecule has 1 N–H and O–H groups in total. The summed E-state index contributed by atoms with van der Waals surface area (Å²) in [5.41, 5.74) is 2.55. The largest absolute Gasteiger partial charge is 0.384 e. The normalized spacial score (nSPS) is 16.2. The van der Waals surface area contributed by atoms with Crippen molar-refractivity contribution in [2.24, 2.45) is 0 Å². The van der Waals surface area contributed by atoms with Gasteiger partial charge in [-0.3, -0.25) is 0 Å². The lowest BCUT2D eigenvalue weighted by atomic mass is 9.92. The topological polar surface area (TPSA) is 15.3 Å². The zero-order valence-electron chi connectivity index (χ0n) is 10.4. The Kier molecular flexibility index (Phi) is 3.83. The Balaban J connectivity index is 1.71. The molecule has 0 spiro atoms. The van der Waals surface area contributed by atoms with Crippen LogP contribution in [0.15, 0.2) is 24.3 Å². The van der Waals surface area contributed by atoms with Crippen LogP contribution in [0.1, 0.15) is 24.8 Å². The third-order valence-electron chi connectivity index (χ3n) is 3.51. The van der Waals surface area contributed by atoms with Crippen LogP contribution >= 0.6 is 0 Å². The molecule has 0 aromatic heterocycles. The number of likely N-dealkylation sites (N-methyl/N-ethyl adjacent to an activating group) is 1. The molecule has 0 atom stereocenters. The predicted molar refractivity (Wildman–Crippen MR) is 69.9 cm³/mol. The van der Waals surface area contributed by atoms with Crippen molar-refractivity contribution in [1.82, 2.24) is 4.90 Å². The van der Waals surface area contributed by atoms with E-state index in [9.17, 15) is 0 Å². The van der Waals surface area contributed by atoms with Gasteiger partial charge >= 0.3 is 0 Å². The monoisotopic (exact) mass is 218 g/mol. The number of hydrogen-bond acceptors (Lipinski definition) is 2. The summed E-state index contributed by atoms with van der Waals surface area (Å²) in [4.78, 5) is 2.48. The Bertz CT molecular complexity index is 331. The minimum Gasteiger partial charge on any atom is -0.384 e. The molecule has 2 nitrogen and oxygen atoms in total. The van der Waals surface area contributed by atoms with Gasteiger partial charge in [-0.25, -0.2) is 0 Å². The number of anilines is 1. The lowest BCUT2D eigenvalue weighted by Gasteiger charge is -2.34. The highest BCUT2D eigenvalue weighted by Gasteiger charge is 2.20. The first-order valence-electron chi connectivity index (χ1n) is 6.26. The van der Waals surface area contributed by atoms with E-state index in [0.717, 1.165) is 19.1 Å². The van der Waals surface area contributed by atoms with E-state index < -0.39 is 0 Å². The highest BCUT2D eigenvalue weighted by molar-refractivity contribution is 5.45. The first-order valence-corrected chi connectivity index (χ1v) is 6.26. The summed E-state index contributed by atoms with van der Waals surface area (Å²) in [6.07, 6.45) is 4.20. The Morgan fingerprint density at radius 2 is 2.19 bits per heavy atom. The SMILES string of the molecule is Cc1cccc(NCCN(C)C2CCC2)c1. The molecule has 1 fully saturated rings. The lowest BCUT2D eigenvalue weighted by molar-refractivity contribution is 0.165. The first-order chi connectivity index (χ1) is 7.75. The Morgan fingerprint density at radius 3 is 2.81 bits per heavy atom. The van der Waals surface area contributed by atoms with Crippen molar-refractivity contribution in [2.75, 3.05) is 25.5 Å². The van der Waals surface area contributed by atoms with Crippen molar-refractivity contribution in [2.45, 2.75) is 32.2 Å². The van der Waals surface area contributed by atoms with Gasteiger partial charge in [-0.05, 0) is 44.5 Å². The smallest absolute Gasteiger partial charge is 0.0343 e. The molecule has 2 rings (SSSR count). The van der Waals surface area contributed by atoms with Crippen LogP contribution in [0.5, 0.6) is 0 Å². The highest BCUT2D eigenvalue weighted by atomic mass is 15.1. The fourth-order valence-corrected chi connectivity index (χ4v) is 2.14. The van der Waals surface area contributed by atoms with Crippen molar-refractivity contribution >= 4 is 5.69 Å². The number of hydrogen-bond donors (Lipinski definition) is 1. The van der Waals surface area contributed by atoms with Gasteiger partial charge in [0.15, 0.2) is 0 Å². The van der Waals surface area contributed by atoms with E-state index in [0.29, 0.717) is 0 Å². The van der Waals surface area contributed by atoms with E-state index in [1.165, 1.54) is 30.5 Å². The van der Waals surface area contributed by atoms with Crippen LogP contribution in [-0.4, -0.2) is 31.1 Å². The van der Waals surface area contributed by atoms with Crippen LogP contribution in [0.25, 0.3) is 0 Å². The van der Waals surface area contributed by atoms with Gasteiger partial charge in [-0.15, -0.1) is 0 Å². The van der Waals surface area contributed by atoms with Gasteiger partial charge in [-0.1, -0.05) is 18.6 Å². The Hall–Kier alpha value is -1.02. The van der Waals surface area contributed by atoms with E-state index in [4.69, 9.17) is 0 Å². The highest BCUT2D eigenvalue weighted by Crippen LogP contribution is 2.23. The van der Waals surface area contributed by atoms with Crippen molar-refractivity contribution < 1.29 is 0 Å². The summed E-state index contributed by atoms with van der Waals surface area (Å²) in [7, 11) is 2.24. The number of aryl methyl sites for hydroxylation is 1. The van der Waals surface area contributed by atoms with Crippen LogP contribution in [0.4, 0.5) is 5.69 Å². The molecule has 1 aromatic carbocycles. The summed E-state index contributed by atoms with van der Waals surface area (Å²) >= 11 is 0. The van der Waals surface area contributed by atoms with Crippen molar-refractivity contribution in [3.63, 3.8) is 0 Å². The molecule has 0 radical (unpaired) electrons. The standard InChI is InChI=1S/C14H22N2/c1-12-5-3-6-13(11-12)15-9-10-16(2)14-7-4-8-14/h3,5-6,11,14-15H,4,7-10H2,1-2H3. The molecule has 1 saturated carbocycles. The van der Waals surface area contributed by atoms with Crippen molar-refractivity contribution in [1.29, 1.82) is 0 Å². The van der Waals surface area contributed by atoms with Gasteiger partial charge < -0.3 is 10.2 Å². The molecule has 16 heavy (non-hydrogen) atoms. The summed E-state index contributed by atoms with van der Waals surface area (Å²) in [5, 5.41) is 3.48. The van der Waals surface area contributed by atoms with E-state index in [1.54, 1.807) is 0 Å². The van der Waals surface area contributed by atoms with E-state index >= 15 is 0 Å². The number of rotatable bonds is 5. The van der Waals surface area contributed by atoms with Crippen LogP contribution in [0, 0.1) is 6.92 Å².